The summed E-state index contributed by atoms with van der Waals surface area (Å²) in [7, 11) is 0. The van der Waals surface area contributed by atoms with Gasteiger partial charge in [-0.1, -0.05) is 12.1 Å². The van der Waals surface area contributed by atoms with E-state index < -0.39 is 0 Å². The van der Waals surface area contributed by atoms with Crippen molar-refractivity contribution >= 4 is 5.69 Å². The molecule has 3 rings (SSSR count). The Kier molecular flexibility index (Phi) is 2.05. The first-order valence-electron chi connectivity index (χ1n) is 6.23. The Labute approximate surface area is 97.2 Å². The van der Waals surface area contributed by atoms with Crippen LogP contribution in [-0.4, -0.2) is 12.1 Å². The van der Waals surface area contributed by atoms with Gasteiger partial charge in [-0.3, -0.25) is 0 Å². The van der Waals surface area contributed by atoms with Crippen LogP contribution in [0, 0.1) is 0 Å². The lowest BCUT2D eigenvalue weighted by molar-refractivity contribution is 0.485. The molecular weight excluding hydrogens is 196 g/mol. The molecule has 2 heteroatoms. The zero-order valence-corrected chi connectivity index (χ0v) is 9.92. The summed E-state index contributed by atoms with van der Waals surface area (Å²) in [5, 5.41) is 3.72. The highest BCUT2D eigenvalue weighted by atomic mass is 15.0. The van der Waals surface area contributed by atoms with Crippen LogP contribution in [0.25, 0.3) is 0 Å². The molecule has 2 aliphatic carbocycles. The molecule has 0 amide bonds. The van der Waals surface area contributed by atoms with Crippen molar-refractivity contribution in [3.63, 3.8) is 0 Å². The topological polar surface area (TPSA) is 38.0 Å². The molecule has 0 radical (unpaired) electrons. The Balaban J connectivity index is 1.70. The number of rotatable bonds is 4. The Morgan fingerprint density at radius 3 is 2.25 bits per heavy atom. The average molecular weight is 216 g/mol. The lowest BCUT2D eigenvalue weighted by atomic mass is 9.95. The van der Waals surface area contributed by atoms with Crippen LogP contribution in [0.5, 0.6) is 0 Å². The van der Waals surface area contributed by atoms with E-state index in [1.807, 2.05) is 12.1 Å². The smallest absolute Gasteiger partial charge is 0.0314 e. The quantitative estimate of drug-likeness (QED) is 0.759. The molecule has 2 nitrogen and oxygen atoms in total. The second kappa shape index (κ2) is 3.24. The first kappa shape index (κ1) is 10.2. The van der Waals surface area contributed by atoms with Crippen LogP contribution in [0.3, 0.4) is 0 Å². The summed E-state index contributed by atoms with van der Waals surface area (Å²) in [6, 6.07) is 8.43. The van der Waals surface area contributed by atoms with E-state index >= 15 is 0 Å². The molecule has 0 bridgehead atoms. The molecule has 2 aliphatic rings. The van der Waals surface area contributed by atoms with E-state index in [2.05, 4.69) is 24.4 Å². The lowest BCUT2D eigenvalue weighted by Crippen LogP contribution is -2.35. The van der Waals surface area contributed by atoms with E-state index in [9.17, 15) is 0 Å². The molecule has 1 aromatic rings. The molecule has 2 saturated carbocycles. The monoisotopic (exact) mass is 216 g/mol. The first-order chi connectivity index (χ1) is 7.62. The van der Waals surface area contributed by atoms with E-state index in [1.165, 1.54) is 31.2 Å². The minimum Gasteiger partial charge on any atom is -0.399 e. The third-order valence-corrected chi connectivity index (χ3v) is 4.23. The number of hydrogen-bond donors (Lipinski definition) is 2. The molecule has 86 valence electrons. The maximum Gasteiger partial charge on any atom is 0.0314 e. The van der Waals surface area contributed by atoms with Gasteiger partial charge in [0.15, 0.2) is 0 Å². The lowest BCUT2D eigenvalue weighted by Gasteiger charge is -2.20. The van der Waals surface area contributed by atoms with Gasteiger partial charge in [-0.25, -0.2) is 0 Å². The number of benzene rings is 1. The fourth-order valence-electron chi connectivity index (χ4n) is 2.30. The third kappa shape index (κ3) is 1.82. The summed E-state index contributed by atoms with van der Waals surface area (Å²) in [6.45, 7) is 3.46. The van der Waals surface area contributed by atoms with E-state index in [0.717, 1.165) is 12.2 Å². The standard InChI is InChI=1S/C14H20N2/c1-13(6-7-13)16-10-14(8-9-14)11-2-4-12(15)5-3-11/h2-5,16H,6-10,15H2,1H3. The first-order valence-corrected chi connectivity index (χ1v) is 6.23. The number of hydrogen-bond acceptors (Lipinski definition) is 2. The minimum atomic E-state index is 0.416. The zero-order valence-electron chi connectivity index (χ0n) is 9.92. The van der Waals surface area contributed by atoms with E-state index in [-0.39, 0.29) is 0 Å². The number of nitrogens with two attached hydrogens (primary N) is 1. The molecular formula is C14H20N2. The summed E-state index contributed by atoms with van der Waals surface area (Å²) < 4.78 is 0. The van der Waals surface area contributed by atoms with Gasteiger partial charge >= 0.3 is 0 Å². The second-order valence-corrected chi connectivity index (χ2v) is 5.82. The van der Waals surface area contributed by atoms with Crippen molar-refractivity contribution in [2.45, 2.75) is 43.6 Å². The molecule has 0 unspecified atom stereocenters. The Bertz CT molecular complexity index is 386. The molecule has 1 aromatic carbocycles. The number of nitrogens with one attached hydrogen (secondary N) is 1. The SMILES string of the molecule is CC1(NCC2(c3ccc(N)cc3)CC2)CC1. The molecule has 0 spiro atoms. The Hall–Kier alpha value is -1.02. The minimum absolute atomic E-state index is 0.416. The predicted octanol–water partition coefficient (Wildman–Crippen LogP) is 2.44. The molecule has 2 fully saturated rings. The highest BCUT2D eigenvalue weighted by Gasteiger charge is 2.47. The van der Waals surface area contributed by atoms with Gasteiger partial charge in [0.1, 0.15) is 0 Å². The van der Waals surface area contributed by atoms with E-state index in [4.69, 9.17) is 5.73 Å². The van der Waals surface area contributed by atoms with Gasteiger partial charge in [-0.05, 0) is 50.3 Å². The zero-order chi connectivity index (χ0) is 11.2. The summed E-state index contributed by atoms with van der Waals surface area (Å²) in [5.74, 6) is 0. The van der Waals surface area contributed by atoms with E-state index in [0.29, 0.717) is 11.0 Å². The van der Waals surface area contributed by atoms with Crippen molar-refractivity contribution in [3.05, 3.63) is 29.8 Å². The van der Waals surface area contributed by atoms with Crippen LogP contribution in [0.1, 0.15) is 38.2 Å². The maximum absolute atomic E-state index is 5.73. The molecule has 0 aromatic heterocycles. The van der Waals surface area contributed by atoms with Gasteiger partial charge in [0, 0.05) is 23.2 Å². The Morgan fingerprint density at radius 1 is 1.12 bits per heavy atom. The van der Waals surface area contributed by atoms with Crippen molar-refractivity contribution in [2.75, 3.05) is 12.3 Å². The maximum atomic E-state index is 5.73. The predicted molar refractivity (Wildman–Crippen MR) is 67.4 cm³/mol. The molecule has 0 atom stereocenters. The van der Waals surface area contributed by atoms with E-state index in [1.54, 1.807) is 0 Å². The van der Waals surface area contributed by atoms with Gasteiger partial charge < -0.3 is 11.1 Å². The fourth-order valence-corrected chi connectivity index (χ4v) is 2.30. The van der Waals surface area contributed by atoms with Gasteiger partial charge in [-0.15, -0.1) is 0 Å². The van der Waals surface area contributed by atoms with Crippen molar-refractivity contribution in [2.24, 2.45) is 0 Å². The highest BCUT2D eigenvalue weighted by molar-refractivity contribution is 5.43. The second-order valence-electron chi connectivity index (χ2n) is 5.82. The largest absolute Gasteiger partial charge is 0.399 e. The van der Waals surface area contributed by atoms with Crippen LogP contribution < -0.4 is 11.1 Å². The molecule has 0 aliphatic heterocycles. The normalized spacial score (nSPS) is 24.1. The fraction of sp³-hybridized carbons (Fsp3) is 0.571. The molecule has 0 heterocycles. The van der Waals surface area contributed by atoms with Crippen molar-refractivity contribution in [1.82, 2.24) is 5.32 Å². The molecule has 3 N–H and O–H groups in total. The van der Waals surface area contributed by atoms with Gasteiger partial charge in [0.05, 0.1) is 0 Å². The summed E-state index contributed by atoms with van der Waals surface area (Å²) >= 11 is 0. The van der Waals surface area contributed by atoms with Crippen LogP contribution in [0.15, 0.2) is 24.3 Å². The third-order valence-electron chi connectivity index (χ3n) is 4.23. The van der Waals surface area contributed by atoms with Crippen LogP contribution in [-0.2, 0) is 5.41 Å². The Morgan fingerprint density at radius 2 is 1.75 bits per heavy atom. The molecule has 16 heavy (non-hydrogen) atoms. The van der Waals surface area contributed by atoms with Gasteiger partial charge in [0.2, 0.25) is 0 Å². The average Bonchev–Trinajstić information content (AvgIpc) is 3.15. The van der Waals surface area contributed by atoms with Crippen LogP contribution in [0.2, 0.25) is 0 Å². The summed E-state index contributed by atoms with van der Waals surface area (Å²) in [5.41, 5.74) is 8.91. The van der Waals surface area contributed by atoms with Gasteiger partial charge in [0.25, 0.3) is 0 Å². The van der Waals surface area contributed by atoms with Crippen molar-refractivity contribution < 1.29 is 0 Å². The summed E-state index contributed by atoms with van der Waals surface area (Å²) in [4.78, 5) is 0. The number of anilines is 1. The number of nitrogen functional groups attached to an aromatic ring is 1. The summed E-state index contributed by atoms with van der Waals surface area (Å²) in [6.07, 6.45) is 5.32. The van der Waals surface area contributed by atoms with Crippen LogP contribution in [0.4, 0.5) is 5.69 Å². The van der Waals surface area contributed by atoms with Crippen molar-refractivity contribution in [1.29, 1.82) is 0 Å². The van der Waals surface area contributed by atoms with Crippen LogP contribution >= 0.6 is 0 Å². The molecule has 0 saturated heterocycles. The van der Waals surface area contributed by atoms with Crippen molar-refractivity contribution in [3.8, 4) is 0 Å². The highest BCUT2D eigenvalue weighted by Crippen LogP contribution is 2.49. The van der Waals surface area contributed by atoms with Gasteiger partial charge in [-0.2, -0.15) is 0 Å².